The third kappa shape index (κ3) is 4.39. The highest BCUT2D eigenvalue weighted by atomic mass is 28.3. The summed E-state index contributed by atoms with van der Waals surface area (Å²) in [5.74, 6) is 0. The monoisotopic (exact) mass is 206 g/mol. The van der Waals surface area contributed by atoms with Crippen molar-refractivity contribution in [3.05, 3.63) is 41.6 Å². The quantitative estimate of drug-likeness (QED) is 0.735. The van der Waals surface area contributed by atoms with E-state index < -0.39 is 9.04 Å². The van der Waals surface area contributed by atoms with Crippen molar-refractivity contribution >= 4 is 15.1 Å². The van der Waals surface area contributed by atoms with E-state index in [1.165, 1.54) is 12.0 Å². The first-order chi connectivity index (χ1) is 6.83. The van der Waals surface area contributed by atoms with Gasteiger partial charge in [0.1, 0.15) is 0 Å². The van der Waals surface area contributed by atoms with Crippen molar-refractivity contribution in [1.82, 2.24) is 0 Å². The fourth-order valence-corrected chi connectivity index (χ4v) is 2.76. The van der Waals surface area contributed by atoms with Crippen LogP contribution in [-0.4, -0.2) is 13.8 Å². The SMILES string of the molecule is CCCC[SiH](O)C=Cc1ccccc1. The van der Waals surface area contributed by atoms with Crippen molar-refractivity contribution in [2.24, 2.45) is 0 Å². The highest BCUT2D eigenvalue weighted by molar-refractivity contribution is 6.57. The van der Waals surface area contributed by atoms with E-state index >= 15 is 0 Å². The van der Waals surface area contributed by atoms with Crippen LogP contribution in [-0.2, 0) is 0 Å². The van der Waals surface area contributed by atoms with Gasteiger partial charge in [-0.15, -0.1) is 0 Å². The van der Waals surface area contributed by atoms with Gasteiger partial charge >= 0.3 is 0 Å². The van der Waals surface area contributed by atoms with Gasteiger partial charge in [-0.2, -0.15) is 0 Å². The Bertz CT molecular complexity index is 269. The van der Waals surface area contributed by atoms with E-state index in [0.29, 0.717) is 0 Å². The Morgan fingerprint density at radius 1 is 1.29 bits per heavy atom. The predicted molar refractivity (Wildman–Crippen MR) is 64.6 cm³/mol. The second-order valence-electron chi connectivity index (χ2n) is 3.48. The van der Waals surface area contributed by atoms with Gasteiger partial charge in [0.05, 0.1) is 0 Å². The minimum atomic E-state index is -1.57. The summed E-state index contributed by atoms with van der Waals surface area (Å²) in [6.07, 6.45) is 4.35. The number of unbranched alkanes of at least 4 members (excludes halogenated alkanes) is 1. The molecule has 76 valence electrons. The summed E-state index contributed by atoms with van der Waals surface area (Å²) in [5, 5.41) is 0. The summed E-state index contributed by atoms with van der Waals surface area (Å²) in [4.78, 5) is 9.69. The lowest BCUT2D eigenvalue weighted by molar-refractivity contribution is 0.577. The third-order valence-corrected chi connectivity index (χ3v) is 3.80. The topological polar surface area (TPSA) is 20.2 Å². The van der Waals surface area contributed by atoms with Crippen LogP contribution in [0.25, 0.3) is 6.08 Å². The van der Waals surface area contributed by atoms with Crippen LogP contribution in [0.3, 0.4) is 0 Å². The van der Waals surface area contributed by atoms with E-state index in [0.717, 1.165) is 12.5 Å². The zero-order valence-electron chi connectivity index (χ0n) is 8.69. The van der Waals surface area contributed by atoms with Gasteiger partial charge < -0.3 is 4.80 Å². The molecule has 0 saturated heterocycles. The Hall–Kier alpha value is -0.863. The maximum Gasteiger partial charge on any atom is 0.196 e. The summed E-state index contributed by atoms with van der Waals surface area (Å²) < 4.78 is 0. The maximum atomic E-state index is 9.69. The number of hydrogen-bond acceptors (Lipinski definition) is 1. The van der Waals surface area contributed by atoms with E-state index in [1.54, 1.807) is 0 Å². The minimum Gasteiger partial charge on any atom is -0.431 e. The highest BCUT2D eigenvalue weighted by Crippen LogP contribution is 2.04. The molecule has 1 unspecified atom stereocenters. The molecule has 0 aliphatic carbocycles. The summed E-state index contributed by atoms with van der Waals surface area (Å²) in [6.45, 7) is 2.15. The number of hydrogen-bond donors (Lipinski definition) is 1. The Morgan fingerprint density at radius 3 is 2.64 bits per heavy atom. The zero-order valence-corrected chi connectivity index (χ0v) is 9.84. The molecule has 1 aromatic carbocycles. The first-order valence-electron chi connectivity index (χ1n) is 5.24. The molecule has 1 aromatic rings. The maximum absolute atomic E-state index is 9.69. The Balaban J connectivity index is 2.39. The van der Waals surface area contributed by atoms with Crippen LogP contribution in [0.2, 0.25) is 6.04 Å². The van der Waals surface area contributed by atoms with Crippen LogP contribution in [0.5, 0.6) is 0 Å². The van der Waals surface area contributed by atoms with Crippen LogP contribution in [0.1, 0.15) is 25.3 Å². The number of rotatable bonds is 5. The van der Waals surface area contributed by atoms with Gasteiger partial charge in [0.2, 0.25) is 0 Å². The second-order valence-corrected chi connectivity index (χ2v) is 5.58. The third-order valence-electron chi connectivity index (χ3n) is 2.16. The summed E-state index contributed by atoms with van der Waals surface area (Å²) in [5.41, 5.74) is 3.18. The molecule has 0 saturated carbocycles. The van der Waals surface area contributed by atoms with E-state index in [4.69, 9.17) is 0 Å². The van der Waals surface area contributed by atoms with Crippen molar-refractivity contribution in [2.75, 3.05) is 0 Å². The van der Waals surface area contributed by atoms with Crippen LogP contribution < -0.4 is 0 Å². The lowest BCUT2D eigenvalue weighted by atomic mass is 10.2. The van der Waals surface area contributed by atoms with Crippen molar-refractivity contribution in [1.29, 1.82) is 0 Å². The average Bonchev–Trinajstić information content (AvgIpc) is 2.25. The highest BCUT2D eigenvalue weighted by Gasteiger charge is 1.99. The molecule has 0 fully saturated rings. The predicted octanol–water partition coefficient (Wildman–Crippen LogP) is 2.76. The van der Waals surface area contributed by atoms with Gasteiger partial charge in [0.15, 0.2) is 9.04 Å². The normalized spacial score (nSPS) is 13.3. The van der Waals surface area contributed by atoms with Crippen LogP contribution in [0.4, 0.5) is 0 Å². The van der Waals surface area contributed by atoms with Crippen molar-refractivity contribution in [2.45, 2.75) is 25.8 Å². The van der Waals surface area contributed by atoms with E-state index in [2.05, 4.69) is 19.1 Å². The molecular weight excluding hydrogens is 188 g/mol. The lowest BCUT2D eigenvalue weighted by Gasteiger charge is -2.00. The Labute approximate surface area is 87.8 Å². The van der Waals surface area contributed by atoms with Crippen LogP contribution >= 0.6 is 0 Å². The first kappa shape index (κ1) is 11.2. The molecule has 2 heteroatoms. The Morgan fingerprint density at radius 2 is 2.00 bits per heavy atom. The second kappa shape index (κ2) is 6.57. The standard InChI is InChI=1S/C12H18OSi/c1-2-3-10-14(13)11-9-12-7-5-4-6-8-12/h4-9,11,13-14H,2-3,10H2,1H3. The molecular formula is C12H18OSi. The summed E-state index contributed by atoms with van der Waals surface area (Å²) in [6, 6.07) is 11.1. The smallest absolute Gasteiger partial charge is 0.196 e. The number of benzene rings is 1. The fourth-order valence-electron chi connectivity index (χ4n) is 1.30. The van der Waals surface area contributed by atoms with Gasteiger partial charge in [-0.3, -0.25) is 0 Å². The van der Waals surface area contributed by atoms with E-state index in [9.17, 15) is 4.80 Å². The average molecular weight is 206 g/mol. The lowest BCUT2D eigenvalue weighted by Crippen LogP contribution is -2.06. The first-order valence-corrected chi connectivity index (χ1v) is 7.24. The molecule has 0 radical (unpaired) electrons. The van der Waals surface area contributed by atoms with Crippen LogP contribution in [0, 0.1) is 0 Å². The van der Waals surface area contributed by atoms with E-state index in [1.807, 2.05) is 30.0 Å². The molecule has 0 aromatic heterocycles. The molecule has 0 bridgehead atoms. The molecule has 1 atom stereocenters. The van der Waals surface area contributed by atoms with Gasteiger partial charge in [0.25, 0.3) is 0 Å². The van der Waals surface area contributed by atoms with Gasteiger partial charge in [-0.1, -0.05) is 61.9 Å². The van der Waals surface area contributed by atoms with Gasteiger partial charge in [-0.25, -0.2) is 0 Å². The van der Waals surface area contributed by atoms with Gasteiger partial charge in [-0.05, 0) is 11.6 Å². The Kier molecular flexibility index (Phi) is 5.26. The van der Waals surface area contributed by atoms with E-state index in [-0.39, 0.29) is 0 Å². The van der Waals surface area contributed by atoms with Crippen molar-refractivity contribution in [3.63, 3.8) is 0 Å². The molecule has 0 spiro atoms. The van der Waals surface area contributed by atoms with Gasteiger partial charge in [0, 0.05) is 0 Å². The molecule has 0 aliphatic heterocycles. The summed E-state index contributed by atoms with van der Waals surface area (Å²) in [7, 11) is -1.57. The molecule has 1 rings (SSSR count). The van der Waals surface area contributed by atoms with Crippen LogP contribution in [0.15, 0.2) is 36.0 Å². The summed E-state index contributed by atoms with van der Waals surface area (Å²) >= 11 is 0. The largest absolute Gasteiger partial charge is 0.431 e. The zero-order chi connectivity index (χ0) is 10.2. The fraction of sp³-hybridized carbons (Fsp3) is 0.333. The molecule has 14 heavy (non-hydrogen) atoms. The van der Waals surface area contributed by atoms with Crippen molar-refractivity contribution < 1.29 is 4.80 Å². The molecule has 0 heterocycles. The molecule has 1 N–H and O–H groups in total. The minimum absolute atomic E-state index is 1.000. The molecule has 0 amide bonds. The van der Waals surface area contributed by atoms with Crippen molar-refractivity contribution in [3.8, 4) is 0 Å². The molecule has 0 aliphatic rings. The molecule has 1 nitrogen and oxygen atoms in total.